The van der Waals surface area contributed by atoms with Crippen molar-refractivity contribution in [2.24, 2.45) is 0 Å². The Bertz CT molecular complexity index is 647. The molecule has 2 heteroatoms. The summed E-state index contributed by atoms with van der Waals surface area (Å²) in [7, 11) is 0. The SMILES string of the molecule is CCCCCCCCCCCCCCCC[N+]1(CC#CC[N+]2(CCCCCCCCCCCCCCCC)CCCC2)CCCC1. The van der Waals surface area contributed by atoms with E-state index >= 15 is 0 Å². The molecule has 2 aliphatic heterocycles. The molecule has 0 spiro atoms. The molecule has 0 radical (unpaired) electrons. The van der Waals surface area contributed by atoms with E-state index < -0.39 is 0 Å². The molecule has 2 heterocycles. The normalized spacial score (nSPS) is 17.0. The molecule has 2 saturated heterocycles. The minimum atomic E-state index is 1.14. The van der Waals surface area contributed by atoms with Crippen molar-refractivity contribution in [2.75, 3.05) is 52.4 Å². The Morgan fingerprint density at radius 3 is 0.761 bits per heavy atom. The molecular weight excluding hydrogens is 556 g/mol. The predicted octanol–water partition coefficient (Wildman–Crippen LogP) is 13.2. The van der Waals surface area contributed by atoms with Gasteiger partial charge in [-0.15, -0.1) is 0 Å². The van der Waals surface area contributed by atoms with Crippen LogP contribution in [-0.4, -0.2) is 61.3 Å². The highest BCUT2D eigenvalue weighted by molar-refractivity contribution is 5.00. The lowest BCUT2D eigenvalue weighted by atomic mass is 10.0. The van der Waals surface area contributed by atoms with Crippen LogP contribution in [0.15, 0.2) is 0 Å². The zero-order chi connectivity index (χ0) is 32.7. The van der Waals surface area contributed by atoms with E-state index in [2.05, 4.69) is 25.7 Å². The second-order valence-corrected chi connectivity index (χ2v) is 16.3. The highest BCUT2D eigenvalue weighted by Crippen LogP contribution is 2.23. The van der Waals surface area contributed by atoms with Crippen LogP contribution in [0.4, 0.5) is 0 Å². The van der Waals surface area contributed by atoms with E-state index in [4.69, 9.17) is 0 Å². The van der Waals surface area contributed by atoms with Crippen LogP contribution < -0.4 is 0 Å². The lowest BCUT2D eigenvalue weighted by Gasteiger charge is -2.33. The zero-order valence-corrected chi connectivity index (χ0v) is 32.2. The summed E-state index contributed by atoms with van der Waals surface area (Å²) in [5.41, 5.74) is 0. The number of likely N-dealkylation sites (tertiary alicyclic amines) is 2. The molecule has 0 atom stereocenters. The summed E-state index contributed by atoms with van der Waals surface area (Å²) in [6, 6.07) is 0. The molecule has 270 valence electrons. The molecule has 0 aromatic carbocycles. The van der Waals surface area contributed by atoms with Gasteiger partial charge < -0.3 is 8.97 Å². The van der Waals surface area contributed by atoms with Crippen molar-refractivity contribution in [1.29, 1.82) is 0 Å². The van der Waals surface area contributed by atoms with E-state index in [-0.39, 0.29) is 0 Å². The van der Waals surface area contributed by atoms with Gasteiger partial charge in [0.25, 0.3) is 0 Å². The maximum absolute atomic E-state index is 3.78. The predicted molar refractivity (Wildman–Crippen MR) is 206 cm³/mol. The summed E-state index contributed by atoms with van der Waals surface area (Å²) in [6.45, 7) is 15.3. The number of nitrogens with zero attached hydrogens (tertiary/aromatic N) is 2. The fraction of sp³-hybridized carbons (Fsp3) is 0.955. The van der Waals surface area contributed by atoms with Crippen molar-refractivity contribution in [3.63, 3.8) is 0 Å². The van der Waals surface area contributed by atoms with Crippen LogP contribution in [-0.2, 0) is 0 Å². The monoisotopic (exact) mass is 643 g/mol. The van der Waals surface area contributed by atoms with Crippen LogP contribution in [0.3, 0.4) is 0 Å². The third kappa shape index (κ3) is 21.5. The first kappa shape index (κ1) is 41.7. The van der Waals surface area contributed by atoms with E-state index in [0.717, 1.165) is 13.1 Å². The van der Waals surface area contributed by atoms with Crippen LogP contribution in [0.1, 0.15) is 219 Å². The first-order valence-electron chi connectivity index (χ1n) is 21.9. The number of quaternary nitrogens is 2. The van der Waals surface area contributed by atoms with Gasteiger partial charge in [0.15, 0.2) is 0 Å². The van der Waals surface area contributed by atoms with Crippen molar-refractivity contribution < 1.29 is 8.97 Å². The summed E-state index contributed by atoms with van der Waals surface area (Å²) in [4.78, 5) is 0. The third-order valence-electron chi connectivity index (χ3n) is 12.0. The van der Waals surface area contributed by atoms with Crippen LogP contribution in [0.5, 0.6) is 0 Å². The first-order chi connectivity index (χ1) is 22.7. The van der Waals surface area contributed by atoms with Crippen molar-refractivity contribution in [1.82, 2.24) is 0 Å². The van der Waals surface area contributed by atoms with Crippen molar-refractivity contribution in [3.8, 4) is 11.8 Å². The van der Waals surface area contributed by atoms with E-state index in [0.29, 0.717) is 0 Å². The van der Waals surface area contributed by atoms with E-state index in [1.165, 1.54) is 254 Å². The molecule has 0 saturated carbocycles. The molecule has 0 aromatic rings. The number of unbranched alkanes of at least 4 members (excludes halogenated alkanes) is 26. The molecule has 0 unspecified atom stereocenters. The topological polar surface area (TPSA) is 0 Å². The van der Waals surface area contributed by atoms with Gasteiger partial charge in [0.2, 0.25) is 0 Å². The molecular formula is C44H86N2+2. The smallest absolute Gasteiger partial charge is 0.141 e. The highest BCUT2D eigenvalue weighted by atomic mass is 15.4. The minimum Gasteiger partial charge on any atom is -0.313 e. The van der Waals surface area contributed by atoms with Gasteiger partial charge in [0.05, 0.1) is 39.3 Å². The Balaban J connectivity index is 1.49. The maximum Gasteiger partial charge on any atom is 0.141 e. The summed E-state index contributed by atoms with van der Waals surface area (Å²) in [5, 5.41) is 0. The standard InChI is InChI=1S/C44H86N2/c1-3-5-7-9-11-13-15-17-19-21-23-25-27-29-37-45(39-31-32-40-45)43-35-36-44-46(41-33-34-42-46)38-30-28-26-24-22-20-18-16-14-12-10-8-6-4-2/h3-34,37-44H2,1-2H3/q+2. The van der Waals surface area contributed by atoms with Gasteiger partial charge >= 0.3 is 0 Å². The van der Waals surface area contributed by atoms with Gasteiger partial charge in [-0.3, -0.25) is 0 Å². The zero-order valence-electron chi connectivity index (χ0n) is 32.2. The van der Waals surface area contributed by atoms with Gasteiger partial charge in [-0.25, -0.2) is 0 Å². The molecule has 0 aromatic heterocycles. The Labute approximate surface area is 291 Å². The summed E-state index contributed by atoms with van der Waals surface area (Å²) in [6.07, 6.45) is 46.5. The Morgan fingerprint density at radius 2 is 0.522 bits per heavy atom. The summed E-state index contributed by atoms with van der Waals surface area (Å²) >= 11 is 0. The molecule has 2 rings (SSSR count). The van der Waals surface area contributed by atoms with Crippen LogP contribution in [0.25, 0.3) is 0 Å². The van der Waals surface area contributed by atoms with Crippen LogP contribution in [0, 0.1) is 11.8 Å². The van der Waals surface area contributed by atoms with E-state index in [1.54, 1.807) is 0 Å². The summed E-state index contributed by atoms with van der Waals surface area (Å²) in [5.74, 6) is 7.56. The van der Waals surface area contributed by atoms with E-state index in [9.17, 15) is 0 Å². The average Bonchev–Trinajstić information content (AvgIpc) is 3.74. The number of rotatable bonds is 32. The first-order valence-corrected chi connectivity index (χ1v) is 21.9. The number of hydrogen-bond acceptors (Lipinski definition) is 0. The van der Waals surface area contributed by atoms with Crippen molar-refractivity contribution in [2.45, 2.75) is 219 Å². The quantitative estimate of drug-likeness (QED) is 0.0389. The van der Waals surface area contributed by atoms with Gasteiger partial charge in [-0.05, 0) is 37.5 Å². The van der Waals surface area contributed by atoms with E-state index in [1.807, 2.05) is 0 Å². The van der Waals surface area contributed by atoms with Crippen LogP contribution in [0.2, 0.25) is 0 Å². The molecule has 0 aliphatic carbocycles. The Hall–Kier alpha value is -0.520. The molecule has 2 aliphatic rings. The highest BCUT2D eigenvalue weighted by Gasteiger charge is 2.32. The summed E-state index contributed by atoms with van der Waals surface area (Å²) < 4.78 is 2.65. The Morgan fingerprint density at radius 1 is 0.304 bits per heavy atom. The second kappa shape index (κ2) is 29.4. The average molecular weight is 643 g/mol. The van der Waals surface area contributed by atoms with Crippen molar-refractivity contribution >= 4 is 0 Å². The lowest BCUT2D eigenvalue weighted by molar-refractivity contribution is -0.911. The van der Waals surface area contributed by atoms with Gasteiger partial charge in [-0.1, -0.05) is 168 Å². The maximum atomic E-state index is 3.78. The molecule has 0 bridgehead atoms. The fourth-order valence-corrected chi connectivity index (χ4v) is 8.66. The fourth-order valence-electron chi connectivity index (χ4n) is 8.66. The van der Waals surface area contributed by atoms with Gasteiger partial charge in [0.1, 0.15) is 13.1 Å². The largest absolute Gasteiger partial charge is 0.313 e. The van der Waals surface area contributed by atoms with Crippen molar-refractivity contribution in [3.05, 3.63) is 0 Å². The molecule has 2 nitrogen and oxygen atoms in total. The van der Waals surface area contributed by atoms with Gasteiger partial charge in [0, 0.05) is 25.7 Å². The molecule has 0 amide bonds. The lowest BCUT2D eigenvalue weighted by Crippen LogP contribution is -2.47. The second-order valence-electron chi connectivity index (χ2n) is 16.3. The molecule has 2 fully saturated rings. The number of hydrogen-bond donors (Lipinski definition) is 0. The minimum absolute atomic E-state index is 1.14. The molecule has 0 N–H and O–H groups in total. The van der Waals surface area contributed by atoms with Crippen LogP contribution >= 0.6 is 0 Å². The molecule has 46 heavy (non-hydrogen) atoms. The Kier molecular flexibility index (Phi) is 26.6. The third-order valence-corrected chi connectivity index (χ3v) is 12.0. The van der Waals surface area contributed by atoms with Gasteiger partial charge in [-0.2, -0.15) is 0 Å².